The van der Waals surface area contributed by atoms with E-state index in [2.05, 4.69) is 0 Å². The number of aromatic hydroxyl groups is 1. The Morgan fingerprint density at radius 1 is 1.42 bits per heavy atom. The summed E-state index contributed by atoms with van der Waals surface area (Å²) in [5.41, 5.74) is 0.361. The van der Waals surface area contributed by atoms with Gasteiger partial charge in [0, 0.05) is 18.9 Å². The first-order chi connectivity index (χ1) is 8.97. The summed E-state index contributed by atoms with van der Waals surface area (Å²) in [4.78, 5) is 11.9. The zero-order valence-corrected chi connectivity index (χ0v) is 12.1. The molecule has 19 heavy (non-hydrogen) atoms. The number of rotatable bonds is 6. The largest absolute Gasteiger partial charge is 0.507 e. The average Bonchev–Trinajstić information content (AvgIpc) is 2.35. The van der Waals surface area contributed by atoms with Crippen molar-refractivity contribution in [2.45, 2.75) is 40.5 Å². The Balaban J connectivity index is 2.88. The van der Waals surface area contributed by atoms with Crippen LogP contribution >= 0.6 is 0 Å². The predicted molar refractivity (Wildman–Crippen MR) is 76.6 cm³/mol. The SMILES string of the molecule is CC=C(CC)Oc1ccc(C(=O)CC(C)C)c(O)c1. The topological polar surface area (TPSA) is 46.5 Å². The second-order valence-electron chi connectivity index (χ2n) is 4.91. The molecule has 0 aliphatic heterocycles. The average molecular weight is 262 g/mol. The lowest BCUT2D eigenvalue weighted by molar-refractivity contribution is 0.0965. The molecule has 1 aromatic carbocycles. The second kappa shape index (κ2) is 6.98. The van der Waals surface area contributed by atoms with Gasteiger partial charge in [0.1, 0.15) is 11.5 Å². The molecule has 0 unspecified atom stereocenters. The fraction of sp³-hybridized carbons (Fsp3) is 0.438. The molecule has 0 bridgehead atoms. The molecule has 3 heteroatoms. The van der Waals surface area contributed by atoms with E-state index in [1.807, 2.05) is 33.8 Å². The molecule has 0 radical (unpaired) electrons. The van der Waals surface area contributed by atoms with E-state index in [-0.39, 0.29) is 17.5 Å². The number of ether oxygens (including phenoxy) is 1. The molecule has 1 aromatic rings. The number of ketones is 1. The number of phenols is 1. The first kappa shape index (κ1) is 15.3. The molecule has 0 aliphatic carbocycles. The minimum atomic E-state index is -0.0409. The van der Waals surface area contributed by atoms with Crippen LogP contribution in [-0.2, 0) is 0 Å². The highest BCUT2D eigenvalue weighted by molar-refractivity contribution is 5.98. The predicted octanol–water partition coefficient (Wildman–Crippen LogP) is 4.31. The van der Waals surface area contributed by atoms with Gasteiger partial charge >= 0.3 is 0 Å². The maximum absolute atomic E-state index is 11.9. The van der Waals surface area contributed by atoms with Crippen LogP contribution in [0.15, 0.2) is 30.0 Å². The third-order valence-electron chi connectivity index (χ3n) is 2.78. The molecule has 0 atom stereocenters. The monoisotopic (exact) mass is 262 g/mol. The molecule has 0 heterocycles. The van der Waals surface area contributed by atoms with Gasteiger partial charge in [0.15, 0.2) is 5.78 Å². The van der Waals surface area contributed by atoms with Crippen LogP contribution in [0, 0.1) is 5.92 Å². The van der Waals surface area contributed by atoms with E-state index in [0.717, 1.165) is 12.2 Å². The minimum Gasteiger partial charge on any atom is -0.507 e. The van der Waals surface area contributed by atoms with E-state index in [0.29, 0.717) is 17.7 Å². The number of allylic oxidation sites excluding steroid dienone is 2. The molecule has 0 aromatic heterocycles. The Hall–Kier alpha value is -1.77. The van der Waals surface area contributed by atoms with Gasteiger partial charge in [-0.2, -0.15) is 0 Å². The molecular weight excluding hydrogens is 240 g/mol. The first-order valence-electron chi connectivity index (χ1n) is 6.67. The number of benzene rings is 1. The lowest BCUT2D eigenvalue weighted by Gasteiger charge is -2.10. The number of Topliss-reactive ketones (excluding diaryl/α,β-unsaturated/α-hetero) is 1. The normalized spacial score (nSPS) is 11.7. The first-order valence-corrected chi connectivity index (χ1v) is 6.67. The molecule has 1 rings (SSSR count). The summed E-state index contributed by atoms with van der Waals surface area (Å²) >= 11 is 0. The fourth-order valence-corrected chi connectivity index (χ4v) is 1.78. The number of carbonyl (C=O) groups is 1. The Morgan fingerprint density at radius 3 is 2.58 bits per heavy atom. The summed E-state index contributed by atoms with van der Waals surface area (Å²) in [7, 11) is 0. The Bertz CT molecular complexity index is 473. The van der Waals surface area contributed by atoms with Crippen LogP contribution in [0.4, 0.5) is 0 Å². The molecule has 0 aliphatic rings. The highest BCUT2D eigenvalue weighted by Crippen LogP contribution is 2.27. The molecule has 0 spiro atoms. The van der Waals surface area contributed by atoms with Gasteiger partial charge in [-0.1, -0.05) is 20.8 Å². The van der Waals surface area contributed by atoms with Gasteiger partial charge < -0.3 is 9.84 Å². The van der Waals surface area contributed by atoms with Gasteiger partial charge in [-0.05, 0) is 31.1 Å². The van der Waals surface area contributed by atoms with Crippen molar-refractivity contribution in [1.29, 1.82) is 0 Å². The van der Waals surface area contributed by atoms with Gasteiger partial charge in [-0.25, -0.2) is 0 Å². The molecule has 104 valence electrons. The Morgan fingerprint density at radius 2 is 2.11 bits per heavy atom. The van der Waals surface area contributed by atoms with Gasteiger partial charge in [0.25, 0.3) is 0 Å². The van der Waals surface area contributed by atoms with Crippen LogP contribution in [-0.4, -0.2) is 10.9 Å². The molecule has 0 fully saturated rings. The van der Waals surface area contributed by atoms with Crippen molar-refractivity contribution in [3.8, 4) is 11.5 Å². The Kier molecular flexibility index (Phi) is 5.61. The van der Waals surface area contributed by atoms with Gasteiger partial charge in [-0.15, -0.1) is 0 Å². The van der Waals surface area contributed by atoms with E-state index < -0.39 is 0 Å². The lowest BCUT2D eigenvalue weighted by Crippen LogP contribution is -2.04. The van der Waals surface area contributed by atoms with Crippen LogP contribution in [0.25, 0.3) is 0 Å². The van der Waals surface area contributed by atoms with Gasteiger partial charge in [0.05, 0.1) is 11.3 Å². The summed E-state index contributed by atoms with van der Waals surface area (Å²) in [5.74, 6) is 1.60. The van der Waals surface area contributed by atoms with Crippen LogP contribution in [0.3, 0.4) is 0 Å². The van der Waals surface area contributed by atoms with Crippen molar-refractivity contribution in [3.63, 3.8) is 0 Å². The third-order valence-corrected chi connectivity index (χ3v) is 2.78. The molecule has 0 amide bonds. The van der Waals surface area contributed by atoms with E-state index in [4.69, 9.17) is 4.74 Å². The van der Waals surface area contributed by atoms with Crippen LogP contribution in [0.2, 0.25) is 0 Å². The summed E-state index contributed by atoms with van der Waals surface area (Å²) in [6.45, 7) is 7.85. The Labute approximate surface area is 114 Å². The number of phenolic OH excluding ortho intramolecular Hbond substituents is 1. The van der Waals surface area contributed by atoms with Crippen molar-refractivity contribution < 1.29 is 14.6 Å². The standard InChI is InChI=1S/C16H22O3/c1-5-12(6-2)19-13-7-8-14(16(18)10-13)15(17)9-11(3)4/h5,7-8,10-11,18H,6,9H2,1-4H3. The number of hydrogen-bond acceptors (Lipinski definition) is 3. The number of carbonyl (C=O) groups excluding carboxylic acids is 1. The van der Waals surface area contributed by atoms with E-state index in [9.17, 15) is 9.90 Å². The summed E-state index contributed by atoms with van der Waals surface area (Å²) < 4.78 is 5.60. The van der Waals surface area contributed by atoms with Gasteiger partial charge in [0.2, 0.25) is 0 Å². The smallest absolute Gasteiger partial charge is 0.166 e. The van der Waals surface area contributed by atoms with E-state index >= 15 is 0 Å². The van der Waals surface area contributed by atoms with E-state index in [1.165, 1.54) is 6.07 Å². The van der Waals surface area contributed by atoms with Crippen molar-refractivity contribution in [2.75, 3.05) is 0 Å². The van der Waals surface area contributed by atoms with Crippen molar-refractivity contribution in [3.05, 3.63) is 35.6 Å². The van der Waals surface area contributed by atoms with E-state index in [1.54, 1.807) is 12.1 Å². The minimum absolute atomic E-state index is 0.0188. The molecule has 0 saturated heterocycles. The molecule has 1 N–H and O–H groups in total. The van der Waals surface area contributed by atoms with Crippen LogP contribution < -0.4 is 4.74 Å². The molecular formula is C16H22O3. The molecule has 0 saturated carbocycles. The second-order valence-corrected chi connectivity index (χ2v) is 4.91. The van der Waals surface area contributed by atoms with Crippen LogP contribution in [0.5, 0.6) is 11.5 Å². The zero-order chi connectivity index (χ0) is 14.4. The summed E-state index contributed by atoms with van der Waals surface area (Å²) in [6, 6.07) is 4.83. The van der Waals surface area contributed by atoms with Crippen molar-refractivity contribution >= 4 is 5.78 Å². The highest BCUT2D eigenvalue weighted by Gasteiger charge is 2.13. The maximum atomic E-state index is 11.9. The lowest BCUT2D eigenvalue weighted by atomic mass is 10.0. The zero-order valence-electron chi connectivity index (χ0n) is 12.1. The summed E-state index contributed by atoms with van der Waals surface area (Å²) in [5, 5.41) is 9.91. The van der Waals surface area contributed by atoms with Crippen molar-refractivity contribution in [1.82, 2.24) is 0 Å². The highest BCUT2D eigenvalue weighted by atomic mass is 16.5. The molecule has 3 nitrogen and oxygen atoms in total. The summed E-state index contributed by atoms with van der Waals surface area (Å²) in [6.07, 6.45) is 3.10. The van der Waals surface area contributed by atoms with Gasteiger partial charge in [-0.3, -0.25) is 4.79 Å². The third kappa shape index (κ3) is 4.43. The van der Waals surface area contributed by atoms with Crippen molar-refractivity contribution in [2.24, 2.45) is 5.92 Å². The number of hydrogen-bond donors (Lipinski definition) is 1. The quantitative estimate of drug-likeness (QED) is 0.613. The fourth-order valence-electron chi connectivity index (χ4n) is 1.78. The maximum Gasteiger partial charge on any atom is 0.166 e. The van der Waals surface area contributed by atoms with Crippen LogP contribution in [0.1, 0.15) is 50.9 Å².